The summed E-state index contributed by atoms with van der Waals surface area (Å²) >= 11 is 0. The van der Waals surface area contributed by atoms with Crippen LogP contribution >= 0.6 is 0 Å². The third-order valence-corrected chi connectivity index (χ3v) is 3.40. The van der Waals surface area contributed by atoms with E-state index in [0.29, 0.717) is 0 Å². The summed E-state index contributed by atoms with van der Waals surface area (Å²) in [6.45, 7) is 8.12. The Morgan fingerprint density at radius 2 is 1.50 bits per heavy atom. The van der Waals surface area contributed by atoms with Gasteiger partial charge >= 0.3 is 0 Å². The first kappa shape index (κ1) is 12.6. The topological polar surface area (TPSA) is 17.1 Å². The summed E-state index contributed by atoms with van der Waals surface area (Å²) in [4.78, 5) is 12.4. The van der Waals surface area contributed by atoms with E-state index in [1.807, 2.05) is 57.2 Å². The Morgan fingerprint density at radius 1 is 0.778 bits per heavy atom. The highest BCUT2D eigenvalue weighted by Gasteiger charge is 2.12. The molecule has 0 aliphatic heterocycles. The Morgan fingerprint density at radius 3 is 2.11 bits per heavy atom. The highest BCUT2D eigenvalue weighted by atomic mass is 16.1. The summed E-state index contributed by atoms with van der Waals surface area (Å²) < 4.78 is 0. The molecular weight excluding hydrogens is 220 g/mol. The number of aryl methyl sites for hydroxylation is 4. The Bertz CT molecular complexity index is 609. The van der Waals surface area contributed by atoms with Crippen molar-refractivity contribution in [2.24, 2.45) is 0 Å². The molecule has 92 valence electrons. The van der Waals surface area contributed by atoms with E-state index in [4.69, 9.17) is 0 Å². The number of ketones is 1. The quantitative estimate of drug-likeness (QED) is 0.718. The SMILES string of the molecule is Cc1ccc(C(=O)c2ccc(C)c(C)c2)c(C)c1. The molecule has 18 heavy (non-hydrogen) atoms. The van der Waals surface area contributed by atoms with Gasteiger partial charge in [0.1, 0.15) is 0 Å². The Balaban J connectivity index is 2.44. The second-order valence-corrected chi connectivity index (χ2v) is 4.95. The summed E-state index contributed by atoms with van der Waals surface area (Å²) in [5, 5.41) is 0. The van der Waals surface area contributed by atoms with Crippen molar-refractivity contribution in [3.05, 3.63) is 69.8 Å². The van der Waals surface area contributed by atoms with Crippen molar-refractivity contribution in [3.63, 3.8) is 0 Å². The van der Waals surface area contributed by atoms with Gasteiger partial charge in [0.2, 0.25) is 0 Å². The van der Waals surface area contributed by atoms with Crippen molar-refractivity contribution < 1.29 is 4.79 Å². The summed E-state index contributed by atoms with van der Waals surface area (Å²) in [6, 6.07) is 11.8. The van der Waals surface area contributed by atoms with E-state index in [1.54, 1.807) is 0 Å². The Kier molecular flexibility index (Phi) is 3.33. The zero-order valence-corrected chi connectivity index (χ0v) is 11.4. The lowest BCUT2D eigenvalue weighted by Crippen LogP contribution is -2.04. The molecule has 0 atom stereocenters. The predicted octanol–water partition coefficient (Wildman–Crippen LogP) is 4.15. The molecule has 0 saturated heterocycles. The minimum absolute atomic E-state index is 0.107. The summed E-state index contributed by atoms with van der Waals surface area (Å²) in [5.74, 6) is 0.107. The maximum atomic E-state index is 12.4. The monoisotopic (exact) mass is 238 g/mol. The van der Waals surface area contributed by atoms with Crippen molar-refractivity contribution in [3.8, 4) is 0 Å². The normalized spacial score (nSPS) is 10.4. The van der Waals surface area contributed by atoms with Crippen LogP contribution in [0.15, 0.2) is 36.4 Å². The van der Waals surface area contributed by atoms with Gasteiger partial charge < -0.3 is 0 Å². The zero-order valence-electron chi connectivity index (χ0n) is 11.4. The predicted molar refractivity (Wildman–Crippen MR) is 75.3 cm³/mol. The average Bonchev–Trinajstić information content (AvgIpc) is 2.32. The molecule has 0 aromatic heterocycles. The molecule has 0 aliphatic carbocycles. The summed E-state index contributed by atoms with van der Waals surface area (Å²) in [5.41, 5.74) is 6.16. The highest BCUT2D eigenvalue weighted by molar-refractivity contribution is 6.10. The van der Waals surface area contributed by atoms with Gasteiger partial charge in [-0.3, -0.25) is 4.79 Å². The molecule has 1 nitrogen and oxygen atoms in total. The van der Waals surface area contributed by atoms with E-state index in [1.165, 1.54) is 11.1 Å². The number of carbonyl (C=O) groups is 1. The highest BCUT2D eigenvalue weighted by Crippen LogP contribution is 2.17. The average molecular weight is 238 g/mol. The van der Waals surface area contributed by atoms with Crippen LogP contribution in [0.25, 0.3) is 0 Å². The van der Waals surface area contributed by atoms with Crippen molar-refractivity contribution in [1.29, 1.82) is 0 Å². The second-order valence-electron chi connectivity index (χ2n) is 4.95. The molecule has 0 unspecified atom stereocenters. The van der Waals surface area contributed by atoms with Gasteiger partial charge in [0.05, 0.1) is 0 Å². The molecule has 0 heterocycles. The molecule has 1 heteroatoms. The molecule has 0 fully saturated rings. The van der Waals surface area contributed by atoms with E-state index < -0.39 is 0 Å². The molecule has 0 spiro atoms. The van der Waals surface area contributed by atoms with E-state index in [0.717, 1.165) is 22.3 Å². The largest absolute Gasteiger partial charge is 0.289 e. The van der Waals surface area contributed by atoms with Gasteiger partial charge in [-0.15, -0.1) is 0 Å². The lowest BCUT2D eigenvalue weighted by Gasteiger charge is -2.08. The fraction of sp³-hybridized carbons (Fsp3) is 0.235. The molecule has 0 bridgehead atoms. The van der Waals surface area contributed by atoms with Crippen LogP contribution in [0.4, 0.5) is 0 Å². The maximum absolute atomic E-state index is 12.4. The van der Waals surface area contributed by atoms with Gasteiger partial charge in [-0.2, -0.15) is 0 Å². The molecular formula is C17H18O. The second kappa shape index (κ2) is 4.77. The van der Waals surface area contributed by atoms with Crippen molar-refractivity contribution >= 4 is 5.78 Å². The number of hydrogen-bond acceptors (Lipinski definition) is 1. The minimum Gasteiger partial charge on any atom is -0.289 e. The fourth-order valence-electron chi connectivity index (χ4n) is 2.11. The van der Waals surface area contributed by atoms with Crippen LogP contribution in [-0.2, 0) is 0 Å². The van der Waals surface area contributed by atoms with E-state index in [2.05, 4.69) is 6.92 Å². The van der Waals surface area contributed by atoms with Crippen LogP contribution in [0.5, 0.6) is 0 Å². The summed E-state index contributed by atoms with van der Waals surface area (Å²) in [6.07, 6.45) is 0. The van der Waals surface area contributed by atoms with Gasteiger partial charge in [0.25, 0.3) is 0 Å². The molecule has 0 aliphatic rings. The first-order valence-electron chi connectivity index (χ1n) is 6.18. The van der Waals surface area contributed by atoms with Gasteiger partial charge in [-0.25, -0.2) is 0 Å². The van der Waals surface area contributed by atoms with Crippen LogP contribution in [0.1, 0.15) is 38.2 Å². The zero-order chi connectivity index (χ0) is 13.3. The van der Waals surface area contributed by atoms with E-state index in [9.17, 15) is 4.79 Å². The van der Waals surface area contributed by atoms with Crippen molar-refractivity contribution in [2.75, 3.05) is 0 Å². The molecule has 2 rings (SSSR count). The molecule has 0 amide bonds. The number of benzene rings is 2. The minimum atomic E-state index is 0.107. The first-order valence-corrected chi connectivity index (χ1v) is 6.18. The van der Waals surface area contributed by atoms with Gasteiger partial charge in [-0.05, 0) is 50.5 Å². The van der Waals surface area contributed by atoms with Crippen LogP contribution in [0.2, 0.25) is 0 Å². The number of carbonyl (C=O) groups excluding carboxylic acids is 1. The number of rotatable bonds is 2. The van der Waals surface area contributed by atoms with Gasteiger partial charge in [0, 0.05) is 11.1 Å². The van der Waals surface area contributed by atoms with E-state index in [-0.39, 0.29) is 5.78 Å². The van der Waals surface area contributed by atoms with Crippen LogP contribution in [-0.4, -0.2) is 5.78 Å². The lowest BCUT2D eigenvalue weighted by atomic mass is 9.95. The Hall–Kier alpha value is -1.89. The van der Waals surface area contributed by atoms with Crippen LogP contribution in [0.3, 0.4) is 0 Å². The lowest BCUT2D eigenvalue weighted by molar-refractivity contribution is 0.103. The molecule has 2 aromatic rings. The maximum Gasteiger partial charge on any atom is 0.193 e. The third kappa shape index (κ3) is 2.35. The Labute approximate surface area is 108 Å². The fourth-order valence-corrected chi connectivity index (χ4v) is 2.11. The van der Waals surface area contributed by atoms with Crippen LogP contribution in [0, 0.1) is 27.7 Å². The smallest absolute Gasteiger partial charge is 0.193 e. The van der Waals surface area contributed by atoms with Gasteiger partial charge in [0.15, 0.2) is 5.78 Å². The van der Waals surface area contributed by atoms with Gasteiger partial charge in [-0.1, -0.05) is 35.9 Å². The third-order valence-electron chi connectivity index (χ3n) is 3.40. The molecule has 2 aromatic carbocycles. The van der Waals surface area contributed by atoms with Crippen molar-refractivity contribution in [2.45, 2.75) is 27.7 Å². The number of hydrogen-bond donors (Lipinski definition) is 0. The molecule has 0 saturated carbocycles. The summed E-state index contributed by atoms with van der Waals surface area (Å²) in [7, 11) is 0. The van der Waals surface area contributed by atoms with Crippen molar-refractivity contribution in [1.82, 2.24) is 0 Å². The molecule has 0 radical (unpaired) electrons. The van der Waals surface area contributed by atoms with E-state index >= 15 is 0 Å². The first-order chi connectivity index (χ1) is 8.49. The molecule has 0 N–H and O–H groups in total. The standard InChI is InChI=1S/C17H18O/c1-11-5-8-16(14(4)9-11)17(18)15-7-6-12(2)13(3)10-15/h5-10H,1-4H3. The van der Waals surface area contributed by atoms with Crippen LogP contribution < -0.4 is 0 Å².